The second-order valence-electron chi connectivity index (χ2n) is 4.26. The van der Waals surface area contributed by atoms with E-state index >= 15 is 0 Å². The lowest BCUT2D eigenvalue weighted by atomic mass is 10.1. The molecule has 0 aliphatic heterocycles. The third-order valence-corrected chi connectivity index (χ3v) is 3.77. The van der Waals surface area contributed by atoms with Crippen molar-refractivity contribution in [3.8, 4) is 11.5 Å². The molecule has 0 saturated heterocycles. The van der Waals surface area contributed by atoms with Gasteiger partial charge in [0.2, 0.25) is 0 Å². The van der Waals surface area contributed by atoms with Gasteiger partial charge in [-0.05, 0) is 65.8 Å². The van der Waals surface area contributed by atoms with Gasteiger partial charge in [-0.1, -0.05) is 23.7 Å². The molecule has 0 radical (unpaired) electrons. The highest BCUT2D eigenvalue weighted by atomic mass is 79.9. The van der Waals surface area contributed by atoms with Gasteiger partial charge in [-0.25, -0.2) is 0 Å². The molecule has 0 aliphatic carbocycles. The summed E-state index contributed by atoms with van der Waals surface area (Å²) in [5, 5.41) is 3.89. The summed E-state index contributed by atoms with van der Waals surface area (Å²) < 4.78 is 6.71. The molecule has 0 fully saturated rings. The van der Waals surface area contributed by atoms with Crippen LogP contribution in [0.4, 0.5) is 0 Å². The Hall–Kier alpha value is -1.03. The van der Waals surface area contributed by atoms with Crippen molar-refractivity contribution in [3.63, 3.8) is 0 Å². The second kappa shape index (κ2) is 6.42. The summed E-state index contributed by atoms with van der Waals surface area (Å²) in [6, 6.07) is 13.8. The quantitative estimate of drug-likeness (QED) is 0.828. The van der Waals surface area contributed by atoms with E-state index in [-0.39, 0.29) is 6.04 Å². The van der Waals surface area contributed by atoms with Crippen LogP contribution in [0, 0.1) is 0 Å². The van der Waals surface area contributed by atoms with E-state index in [9.17, 15) is 0 Å². The number of ether oxygens (including phenoxy) is 1. The summed E-state index contributed by atoms with van der Waals surface area (Å²) in [5.74, 6) is 1.56. The van der Waals surface area contributed by atoms with Crippen molar-refractivity contribution in [2.75, 3.05) is 7.05 Å². The normalized spacial score (nSPS) is 12.2. The van der Waals surface area contributed by atoms with Gasteiger partial charge >= 0.3 is 0 Å². The lowest BCUT2D eigenvalue weighted by Gasteiger charge is -2.13. The fourth-order valence-electron chi connectivity index (χ4n) is 1.70. The van der Waals surface area contributed by atoms with E-state index in [1.165, 1.54) is 5.56 Å². The zero-order valence-electron chi connectivity index (χ0n) is 10.8. The highest BCUT2D eigenvalue weighted by Crippen LogP contribution is 2.32. The van der Waals surface area contributed by atoms with Crippen LogP contribution in [0.2, 0.25) is 5.02 Å². The molecular weight excluding hydrogens is 326 g/mol. The zero-order valence-corrected chi connectivity index (χ0v) is 13.1. The molecule has 1 N–H and O–H groups in total. The highest BCUT2D eigenvalue weighted by Gasteiger charge is 2.06. The first kappa shape index (κ1) is 14.4. The number of nitrogens with one attached hydrogen (secondary N) is 1. The minimum absolute atomic E-state index is 0.289. The molecule has 0 spiro atoms. The molecule has 19 heavy (non-hydrogen) atoms. The number of hydrogen-bond acceptors (Lipinski definition) is 2. The average molecular weight is 341 g/mol. The van der Waals surface area contributed by atoms with E-state index in [0.29, 0.717) is 5.02 Å². The Labute approximate surface area is 126 Å². The maximum absolute atomic E-state index is 5.91. The van der Waals surface area contributed by atoms with Crippen LogP contribution >= 0.6 is 27.5 Å². The Kier molecular flexibility index (Phi) is 4.86. The predicted molar refractivity (Wildman–Crippen MR) is 83.1 cm³/mol. The van der Waals surface area contributed by atoms with Gasteiger partial charge in [-0.15, -0.1) is 0 Å². The molecule has 0 saturated carbocycles. The SMILES string of the molecule is CNC(C)c1cccc(Oc2ccc(Cl)cc2Br)c1. The molecule has 2 rings (SSSR count). The van der Waals surface area contributed by atoms with Crippen molar-refractivity contribution in [2.24, 2.45) is 0 Å². The van der Waals surface area contributed by atoms with Crippen LogP contribution in [0.15, 0.2) is 46.9 Å². The van der Waals surface area contributed by atoms with E-state index in [1.807, 2.05) is 43.4 Å². The van der Waals surface area contributed by atoms with Crippen molar-refractivity contribution < 1.29 is 4.74 Å². The molecule has 1 atom stereocenters. The number of hydrogen-bond donors (Lipinski definition) is 1. The van der Waals surface area contributed by atoms with Crippen LogP contribution in [0.3, 0.4) is 0 Å². The first-order chi connectivity index (χ1) is 9.10. The van der Waals surface area contributed by atoms with Gasteiger partial charge in [0.1, 0.15) is 11.5 Å². The third kappa shape index (κ3) is 3.72. The third-order valence-electron chi connectivity index (χ3n) is 2.91. The van der Waals surface area contributed by atoms with Crippen molar-refractivity contribution in [2.45, 2.75) is 13.0 Å². The Morgan fingerprint density at radius 1 is 1.21 bits per heavy atom. The van der Waals surface area contributed by atoms with Crippen LogP contribution in [0.5, 0.6) is 11.5 Å². The van der Waals surface area contributed by atoms with E-state index in [4.69, 9.17) is 16.3 Å². The molecule has 2 nitrogen and oxygen atoms in total. The molecule has 0 bridgehead atoms. The molecular formula is C15H15BrClNO. The largest absolute Gasteiger partial charge is 0.456 e. The van der Waals surface area contributed by atoms with Gasteiger partial charge in [0.05, 0.1) is 4.47 Å². The fourth-order valence-corrected chi connectivity index (χ4v) is 2.46. The van der Waals surface area contributed by atoms with Crippen LogP contribution in [-0.4, -0.2) is 7.05 Å². The first-order valence-corrected chi connectivity index (χ1v) is 7.17. The maximum Gasteiger partial charge on any atom is 0.141 e. The molecule has 0 amide bonds. The molecule has 1 unspecified atom stereocenters. The van der Waals surface area contributed by atoms with E-state index in [2.05, 4.69) is 34.2 Å². The average Bonchev–Trinajstić information content (AvgIpc) is 2.41. The first-order valence-electron chi connectivity index (χ1n) is 6.00. The van der Waals surface area contributed by atoms with Crippen molar-refractivity contribution in [1.29, 1.82) is 0 Å². The Balaban J connectivity index is 2.23. The van der Waals surface area contributed by atoms with Crippen molar-refractivity contribution in [3.05, 3.63) is 57.5 Å². The van der Waals surface area contributed by atoms with Crippen molar-refractivity contribution in [1.82, 2.24) is 5.32 Å². The standard InChI is InChI=1S/C15H15BrClNO/c1-10(18-2)11-4-3-5-13(8-11)19-15-7-6-12(17)9-14(15)16/h3-10,18H,1-2H3. The van der Waals surface area contributed by atoms with Crippen molar-refractivity contribution >= 4 is 27.5 Å². The summed E-state index contributed by atoms with van der Waals surface area (Å²) in [4.78, 5) is 0. The molecule has 100 valence electrons. The van der Waals surface area contributed by atoms with Gasteiger partial charge in [0.15, 0.2) is 0 Å². The molecule has 2 aromatic carbocycles. The van der Waals surface area contributed by atoms with Gasteiger partial charge in [0.25, 0.3) is 0 Å². The topological polar surface area (TPSA) is 21.3 Å². The monoisotopic (exact) mass is 339 g/mol. The van der Waals surface area contributed by atoms with E-state index in [0.717, 1.165) is 16.0 Å². The van der Waals surface area contributed by atoms with Gasteiger partial charge in [-0.3, -0.25) is 0 Å². The van der Waals surface area contributed by atoms with Gasteiger partial charge < -0.3 is 10.1 Å². The maximum atomic E-state index is 5.91. The molecule has 2 aromatic rings. The highest BCUT2D eigenvalue weighted by molar-refractivity contribution is 9.10. The Bertz CT molecular complexity index is 574. The van der Waals surface area contributed by atoms with E-state index in [1.54, 1.807) is 0 Å². The van der Waals surface area contributed by atoms with E-state index < -0.39 is 0 Å². The molecule has 0 heterocycles. The molecule has 4 heteroatoms. The Morgan fingerprint density at radius 2 is 2.00 bits per heavy atom. The minimum Gasteiger partial charge on any atom is -0.456 e. The summed E-state index contributed by atoms with van der Waals surface area (Å²) in [7, 11) is 1.94. The van der Waals surface area contributed by atoms with Crippen LogP contribution in [0.25, 0.3) is 0 Å². The second-order valence-corrected chi connectivity index (χ2v) is 5.55. The predicted octanol–water partition coefficient (Wildman–Crippen LogP) is 5.18. The summed E-state index contributed by atoms with van der Waals surface area (Å²) >= 11 is 9.36. The van der Waals surface area contributed by atoms with Gasteiger partial charge in [-0.2, -0.15) is 0 Å². The number of halogens is 2. The van der Waals surface area contributed by atoms with Gasteiger partial charge in [0, 0.05) is 11.1 Å². The zero-order chi connectivity index (χ0) is 13.8. The summed E-state index contributed by atoms with van der Waals surface area (Å²) in [5.41, 5.74) is 1.19. The van der Waals surface area contributed by atoms with Crippen LogP contribution in [0.1, 0.15) is 18.5 Å². The fraction of sp³-hybridized carbons (Fsp3) is 0.200. The lowest BCUT2D eigenvalue weighted by Crippen LogP contribution is -2.12. The Morgan fingerprint density at radius 3 is 2.68 bits per heavy atom. The minimum atomic E-state index is 0.289. The molecule has 0 aliphatic rings. The summed E-state index contributed by atoms with van der Waals surface area (Å²) in [6.07, 6.45) is 0. The number of rotatable bonds is 4. The van der Waals surface area contributed by atoms with Crippen LogP contribution in [-0.2, 0) is 0 Å². The number of benzene rings is 2. The molecule has 0 aromatic heterocycles. The lowest BCUT2D eigenvalue weighted by molar-refractivity contribution is 0.477. The van der Waals surface area contributed by atoms with Crippen LogP contribution < -0.4 is 10.1 Å². The smallest absolute Gasteiger partial charge is 0.141 e. The summed E-state index contributed by atoms with van der Waals surface area (Å²) in [6.45, 7) is 2.11.